The zero-order chi connectivity index (χ0) is 12.1. The summed E-state index contributed by atoms with van der Waals surface area (Å²) in [7, 11) is 1.63. The second kappa shape index (κ2) is 5.80. The Kier molecular flexibility index (Phi) is 4.12. The fraction of sp³-hybridized carbons (Fsp3) is 0.308. The van der Waals surface area contributed by atoms with E-state index in [4.69, 9.17) is 4.74 Å². The molecular formula is C13H16N2OS. The van der Waals surface area contributed by atoms with Gasteiger partial charge in [-0.25, -0.2) is 4.98 Å². The van der Waals surface area contributed by atoms with Gasteiger partial charge in [0.1, 0.15) is 0 Å². The number of aromatic nitrogens is 1. The maximum atomic E-state index is 5.09. The second-order valence-electron chi connectivity index (χ2n) is 3.85. The zero-order valence-electron chi connectivity index (χ0n) is 10.1. The van der Waals surface area contributed by atoms with E-state index >= 15 is 0 Å². The van der Waals surface area contributed by atoms with Gasteiger partial charge in [-0.3, -0.25) is 0 Å². The summed E-state index contributed by atoms with van der Waals surface area (Å²) in [6.45, 7) is 3.78. The van der Waals surface area contributed by atoms with E-state index in [1.54, 1.807) is 18.4 Å². The van der Waals surface area contributed by atoms with Crippen LogP contribution in [0.5, 0.6) is 5.88 Å². The third kappa shape index (κ3) is 3.28. The van der Waals surface area contributed by atoms with E-state index in [1.807, 2.05) is 18.2 Å². The van der Waals surface area contributed by atoms with Crippen LogP contribution in [0.2, 0.25) is 0 Å². The minimum absolute atomic E-state index is 0.663. The fourth-order valence-electron chi connectivity index (χ4n) is 1.56. The van der Waals surface area contributed by atoms with Crippen LogP contribution in [0.4, 0.5) is 0 Å². The van der Waals surface area contributed by atoms with E-state index in [2.05, 4.69) is 28.0 Å². The number of thiophene rings is 1. The molecule has 0 aromatic carbocycles. The molecule has 0 saturated carbocycles. The first-order valence-corrected chi connectivity index (χ1v) is 6.46. The van der Waals surface area contributed by atoms with Crippen LogP contribution in [0.1, 0.15) is 16.8 Å². The summed E-state index contributed by atoms with van der Waals surface area (Å²) in [4.78, 5) is 4.35. The summed E-state index contributed by atoms with van der Waals surface area (Å²) in [5, 5.41) is 7.73. The van der Waals surface area contributed by atoms with Gasteiger partial charge in [-0.1, -0.05) is 6.07 Å². The number of nitrogens with zero attached hydrogens (tertiary/aromatic N) is 1. The molecule has 2 rings (SSSR count). The third-order valence-electron chi connectivity index (χ3n) is 2.57. The van der Waals surface area contributed by atoms with E-state index in [1.165, 1.54) is 11.1 Å². The highest BCUT2D eigenvalue weighted by atomic mass is 32.1. The minimum atomic E-state index is 0.663. The number of rotatable bonds is 5. The van der Waals surface area contributed by atoms with Crippen LogP contribution in [-0.4, -0.2) is 12.1 Å². The molecule has 0 radical (unpaired) electrons. The standard InChI is InChI=1S/C13H16N2OS/c1-10-8-17-9-11(10)6-14-7-12-4-3-5-13(15-12)16-2/h3-5,8-9,14H,6-7H2,1-2H3. The van der Waals surface area contributed by atoms with Gasteiger partial charge in [0.2, 0.25) is 5.88 Å². The highest BCUT2D eigenvalue weighted by Crippen LogP contribution is 2.13. The number of methoxy groups -OCH3 is 1. The summed E-state index contributed by atoms with van der Waals surface area (Å²) in [5.74, 6) is 0.663. The van der Waals surface area contributed by atoms with Crippen LogP contribution in [0, 0.1) is 6.92 Å². The van der Waals surface area contributed by atoms with Crippen molar-refractivity contribution >= 4 is 11.3 Å². The molecule has 3 nitrogen and oxygen atoms in total. The van der Waals surface area contributed by atoms with Crippen LogP contribution < -0.4 is 10.1 Å². The molecule has 1 N–H and O–H groups in total. The number of aryl methyl sites for hydroxylation is 1. The zero-order valence-corrected chi connectivity index (χ0v) is 10.9. The Balaban J connectivity index is 1.87. The molecule has 2 aromatic rings. The highest BCUT2D eigenvalue weighted by Gasteiger charge is 2.00. The van der Waals surface area contributed by atoms with Crippen LogP contribution >= 0.6 is 11.3 Å². The van der Waals surface area contributed by atoms with Crippen molar-refractivity contribution in [2.75, 3.05) is 7.11 Å². The molecule has 4 heteroatoms. The summed E-state index contributed by atoms with van der Waals surface area (Å²) < 4.78 is 5.09. The van der Waals surface area contributed by atoms with Crippen molar-refractivity contribution in [2.24, 2.45) is 0 Å². The number of pyridine rings is 1. The summed E-state index contributed by atoms with van der Waals surface area (Å²) in [6, 6.07) is 5.81. The van der Waals surface area contributed by atoms with Gasteiger partial charge < -0.3 is 10.1 Å². The van der Waals surface area contributed by atoms with E-state index in [-0.39, 0.29) is 0 Å². The molecule has 0 amide bonds. The van der Waals surface area contributed by atoms with Gasteiger partial charge in [-0.15, -0.1) is 0 Å². The lowest BCUT2D eigenvalue weighted by molar-refractivity contribution is 0.395. The SMILES string of the molecule is COc1cccc(CNCc2cscc2C)n1. The predicted octanol–water partition coefficient (Wildman–Crippen LogP) is 2.75. The van der Waals surface area contributed by atoms with E-state index < -0.39 is 0 Å². The lowest BCUT2D eigenvalue weighted by atomic mass is 10.2. The predicted molar refractivity (Wildman–Crippen MR) is 70.4 cm³/mol. The van der Waals surface area contributed by atoms with Crippen molar-refractivity contribution < 1.29 is 4.74 Å². The van der Waals surface area contributed by atoms with Crippen LogP contribution in [0.3, 0.4) is 0 Å². The maximum absolute atomic E-state index is 5.09. The van der Waals surface area contributed by atoms with Crippen LogP contribution in [-0.2, 0) is 13.1 Å². The minimum Gasteiger partial charge on any atom is -0.481 e. The lowest BCUT2D eigenvalue weighted by Gasteiger charge is -2.05. The molecule has 0 aliphatic rings. The second-order valence-corrected chi connectivity index (χ2v) is 4.60. The van der Waals surface area contributed by atoms with Gasteiger partial charge in [0.05, 0.1) is 12.8 Å². The Morgan fingerprint density at radius 2 is 2.18 bits per heavy atom. The molecule has 0 fully saturated rings. The summed E-state index contributed by atoms with van der Waals surface area (Å²) in [5.41, 5.74) is 3.70. The Labute approximate surface area is 105 Å². The largest absolute Gasteiger partial charge is 0.481 e. The average molecular weight is 248 g/mol. The molecular weight excluding hydrogens is 232 g/mol. The first-order valence-electron chi connectivity index (χ1n) is 5.52. The van der Waals surface area contributed by atoms with E-state index in [9.17, 15) is 0 Å². The Morgan fingerprint density at radius 3 is 2.88 bits per heavy atom. The lowest BCUT2D eigenvalue weighted by Crippen LogP contribution is -2.13. The highest BCUT2D eigenvalue weighted by molar-refractivity contribution is 7.08. The van der Waals surface area contributed by atoms with Gasteiger partial charge >= 0.3 is 0 Å². The Morgan fingerprint density at radius 1 is 1.29 bits per heavy atom. The monoisotopic (exact) mass is 248 g/mol. The first kappa shape index (κ1) is 12.1. The Bertz CT molecular complexity index is 482. The van der Waals surface area contributed by atoms with Gasteiger partial charge in [-0.05, 0) is 34.9 Å². The molecule has 2 aromatic heterocycles. The summed E-state index contributed by atoms with van der Waals surface area (Å²) >= 11 is 1.74. The molecule has 0 spiro atoms. The van der Waals surface area contributed by atoms with E-state index in [0.29, 0.717) is 5.88 Å². The molecule has 17 heavy (non-hydrogen) atoms. The quantitative estimate of drug-likeness (QED) is 0.883. The number of nitrogens with one attached hydrogen (secondary N) is 1. The molecule has 0 bridgehead atoms. The van der Waals surface area contributed by atoms with Gasteiger partial charge in [-0.2, -0.15) is 11.3 Å². The number of hydrogen-bond acceptors (Lipinski definition) is 4. The maximum Gasteiger partial charge on any atom is 0.213 e. The Hall–Kier alpha value is -1.39. The van der Waals surface area contributed by atoms with Crippen molar-refractivity contribution in [2.45, 2.75) is 20.0 Å². The molecule has 0 atom stereocenters. The molecule has 0 saturated heterocycles. The smallest absolute Gasteiger partial charge is 0.213 e. The number of ether oxygens (including phenoxy) is 1. The summed E-state index contributed by atoms with van der Waals surface area (Å²) in [6.07, 6.45) is 0. The average Bonchev–Trinajstić information content (AvgIpc) is 2.76. The molecule has 90 valence electrons. The molecule has 0 aliphatic heterocycles. The normalized spacial score (nSPS) is 10.5. The van der Waals surface area contributed by atoms with Crippen molar-refractivity contribution in [3.63, 3.8) is 0 Å². The fourth-order valence-corrected chi connectivity index (χ4v) is 2.42. The first-order chi connectivity index (χ1) is 8.29. The third-order valence-corrected chi connectivity index (χ3v) is 3.48. The topological polar surface area (TPSA) is 34.1 Å². The van der Waals surface area contributed by atoms with Crippen molar-refractivity contribution in [3.8, 4) is 5.88 Å². The molecule has 0 unspecified atom stereocenters. The van der Waals surface area contributed by atoms with Gasteiger partial charge in [0, 0.05) is 19.2 Å². The van der Waals surface area contributed by atoms with Crippen LogP contribution in [0.15, 0.2) is 29.0 Å². The van der Waals surface area contributed by atoms with Crippen molar-refractivity contribution in [1.82, 2.24) is 10.3 Å². The van der Waals surface area contributed by atoms with Gasteiger partial charge in [0.15, 0.2) is 0 Å². The molecule has 0 aliphatic carbocycles. The molecule has 2 heterocycles. The van der Waals surface area contributed by atoms with Gasteiger partial charge in [0.25, 0.3) is 0 Å². The number of hydrogen-bond donors (Lipinski definition) is 1. The van der Waals surface area contributed by atoms with Crippen molar-refractivity contribution in [1.29, 1.82) is 0 Å². The van der Waals surface area contributed by atoms with E-state index in [0.717, 1.165) is 18.8 Å². The van der Waals surface area contributed by atoms with Crippen molar-refractivity contribution in [3.05, 3.63) is 45.8 Å². The van der Waals surface area contributed by atoms with Crippen LogP contribution in [0.25, 0.3) is 0 Å².